The molecule has 1 amide bonds. The molecule has 0 N–H and O–H groups in total. The van der Waals surface area contributed by atoms with Gasteiger partial charge in [-0.3, -0.25) is 9.69 Å². The van der Waals surface area contributed by atoms with Crippen LogP contribution in [0.3, 0.4) is 0 Å². The molecule has 2 aliphatic heterocycles. The third-order valence-electron chi connectivity index (χ3n) is 5.24. The predicted molar refractivity (Wildman–Crippen MR) is 95.1 cm³/mol. The van der Waals surface area contributed by atoms with Gasteiger partial charge in [-0.05, 0) is 32.6 Å². The van der Waals surface area contributed by atoms with E-state index in [1.807, 2.05) is 9.58 Å². The van der Waals surface area contributed by atoms with E-state index in [0.717, 1.165) is 39.0 Å². The second-order valence-corrected chi connectivity index (χ2v) is 7.86. The molecular formula is C18H31N5O2. The second-order valence-electron chi connectivity index (χ2n) is 7.86. The highest BCUT2D eigenvalue weighted by atomic mass is 16.5. The molecule has 2 saturated heterocycles. The van der Waals surface area contributed by atoms with Crippen molar-refractivity contribution in [3.05, 3.63) is 12.7 Å². The third kappa shape index (κ3) is 4.20. The minimum absolute atomic E-state index is 0.0803. The number of carbonyl (C=O) groups excluding carboxylic acids is 1. The molecule has 140 valence electrons. The predicted octanol–water partition coefficient (Wildman–Crippen LogP) is 1.58. The van der Waals surface area contributed by atoms with Crippen molar-refractivity contribution in [2.75, 3.05) is 26.2 Å². The van der Waals surface area contributed by atoms with Crippen molar-refractivity contribution in [2.24, 2.45) is 5.92 Å². The molecule has 0 bridgehead atoms. The van der Waals surface area contributed by atoms with Gasteiger partial charge in [-0.25, -0.2) is 9.67 Å². The highest BCUT2D eigenvalue weighted by molar-refractivity contribution is 5.82. The number of amides is 1. The highest BCUT2D eigenvalue weighted by Crippen LogP contribution is 2.25. The lowest BCUT2D eigenvalue weighted by Gasteiger charge is -2.43. The van der Waals surface area contributed by atoms with E-state index in [9.17, 15) is 4.79 Å². The van der Waals surface area contributed by atoms with Gasteiger partial charge < -0.3 is 9.64 Å². The van der Waals surface area contributed by atoms with E-state index >= 15 is 0 Å². The van der Waals surface area contributed by atoms with Gasteiger partial charge in [-0.2, -0.15) is 5.10 Å². The van der Waals surface area contributed by atoms with E-state index in [4.69, 9.17) is 4.74 Å². The smallest absolute Gasteiger partial charge is 0.240 e. The van der Waals surface area contributed by atoms with Crippen LogP contribution in [0.1, 0.15) is 46.6 Å². The lowest BCUT2D eigenvalue weighted by molar-refractivity contribution is -0.147. The first-order valence-electron chi connectivity index (χ1n) is 9.48. The Morgan fingerprint density at radius 3 is 2.52 bits per heavy atom. The summed E-state index contributed by atoms with van der Waals surface area (Å²) in [4.78, 5) is 21.8. The zero-order chi connectivity index (χ0) is 18.0. The molecule has 0 aromatic carbocycles. The normalized spacial score (nSPS) is 29.8. The van der Waals surface area contributed by atoms with E-state index in [1.54, 1.807) is 12.7 Å². The van der Waals surface area contributed by atoms with Gasteiger partial charge in [0.2, 0.25) is 5.91 Å². The number of ether oxygens (including phenoxy) is 1. The minimum atomic E-state index is -0.0803. The summed E-state index contributed by atoms with van der Waals surface area (Å²) in [5.74, 6) is 0.526. The Kier molecular flexibility index (Phi) is 5.74. The molecule has 7 heteroatoms. The summed E-state index contributed by atoms with van der Waals surface area (Å²) in [5.41, 5.74) is 0. The van der Waals surface area contributed by atoms with Crippen LogP contribution in [-0.4, -0.2) is 74.9 Å². The summed E-state index contributed by atoms with van der Waals surface area (Å²) in [6, 6.07) is 0.152. The molecular weight excluding hydrogens is 318 g/mol. The molecule has 7 nitrogen and oxygen atoms in total. The number of piperidine rings is 1. The molecule has 3 rings (SSSR count). The van der Waals surface area contributed by atoms with Crippen molar-refractivity contribution < 1.29 is 9.53 Å². The van der Waals surface area contributed by atoms with E-state index in [1.165, 1.54) is 0 Å². The largest absolute Gasteiger partial charge is 0.373 e. The van der Waals surface area contributed by atoms with Crippen LogP contribution in [0.5, 0.6) is 0 Å². The van der Waals surface area contributed by atoms with E-state index < -0.39 is 0 Å². The second kappa shape index (κ2) is 7.83. The molecule has 4 atom stereocenters. The Hall–Kier alpha value is -1.47. The molecule has 0 saturated carbocycles. The summed E-state index contributed by atoms with van der Waals surface area (Å²) < 4.78 is 7.74. The fourth-order valence-corrected chi connectivity index (χ4v) is 4.27. The number of hydrogen-bond acceptors (Lipinski definition) is 5. The van der Waals surface area contributed by atoms with Crippen LogP contribution < -0.4 is 0 Å². The zero-order valence-electron chi connectivity index (χ0n) is 15.8. The summed E-state index contributed by atoms with van der Waals surface area (Å²) in [7, 11) is 0. The zero-order valence-corrected chi connectivity index (χ0v) is 15.8. The van der Waals surface area contributed by atoms with Crippen LogP contribution in [0.15, 0.2) is 12.7 Å². The number of likely N-dealkylation sites (tertiary alicyclic amines) is 1. The average molecular weight is 349 g/mol. The molecule has 0 spiro atoms. The van der Waals surface area contributed by atoms with Crippen molar-refractivity contribution in [3.63, 3.8) is 0 Å². The monoisotopic (exact) mass is 349 g/mol. The van der Waals surface area contributed by atoms with Gasteiger partial charge in [0, 0.05) is 26.2 Å². The maximum Gasteiger partial charge on any atom is 0.240 e. The van der Waals surface area contributed by atoms with Crippen LogP contribution in [0.4, 0.5) is 0 Å². The molecule has 1 aromatic heterocycles. The van der Waals surface area contributed by atoms with Crippen LogP contribution in [0.25, 0.3) is 0 Å². The molecule has 0 radical (unpaired) electrons. The first kappa shape index (κ1) is 18.3. The van der Waals surface area contributed by atoms with Crippen molar-refractivity contribution in [1.82, 2.24) is 24.6 Å². The fraction of sp³-hybridized carbons (Fsp3) is 0.833. The Bertz CT molecular complexity index is 552. The van der Waals surface area contributed by atoms with Gasteiger partial charge in [0.25, 0.3) is 0 Å². The number of hydrogen-bond donors (Lipinski definition) is 0. The minimum Gasteiger partial charge on any atom is -0.373 e. The molecule has 3 heterocycles. The Morgan fingerprint density at radius 2 is 1.92 bits per heavy atom. The fourth-order valence-electron chi connectivity index (χ4n) is 4.27. The van der Waals surface area contributed by atoms with Crippen LogP contribution in [0.2, 0.25) is 0 Å². The SMILES string of the molecule is CC1CN(C(C(=O)N2CCCC(n3cncn3)C2)C(C)C)CC(C)O1. The van der Waals surface area contributed by atoms with Gasteiger partial charge in [0.1, 0.15) is 12.7 Å². The molecule has 2 fully saturated rings. The molecule has 2 aliphatic rings. The Balaban J connectivity index is 1.71. The number of rotatable bonds is 4. The van der Waals surface area contributed by atoms with E-state index in [-0.39, 0.29) is 36.1 Å². The molecule has 0 aliphatic carbocycles. The van der Waals surface area contributed by atoms with Gasteiger partial charge in [0.05, 0.1) is 24.3 Å². The van der Waals surface area contributed by atoms with Crippen molar-refractivity contribution in [2.45, 2.75) is 64.8 Å². The summed E-state index contributed by atoms with van der Waals surface area (Å²) in [5, 5.41) is 4.26. The maximum absolute atomic E-state index is 13.4. The Morgan fingerprint density at radius 1 is 1.20 bits per heavy atom. The van der Waals surface area contributed by atoms with Gasteiger partial charge >= 0.3 is 0 Å². The lowest BCUT2D eigenvalue weighted by Crippen LogP contribution is -2.58. The van der Waals surface area contributed by atoms with Crippen molar-refractivity contribution >= 4 is 5.91 Å². The van der Waals surface area contributed by atoms with E-state index in [0.29, 0.717) is 0 Å². The topological polar surface area (TPSA) is 63.5 Å². The van der Waals surface area contributed by atoms with Gasteiger partial charge in [-0.1, -0.05) is 13.8 Å². The standard InChI is InChI=1S/C18H31N5O2/c1-13(2)17(22-8-14(3)25-15(4)9-22)18(24)21-7-5-6-16(10-21)23-12-19-11-20-23/h11-17H,5-10H2,1-4H3. The van der Waals surface area contributed by atoms with Crippen LogP contribution >= 0.6 is 0 Å². The Labute approximate surface area is 150 Å². The van der Waals surface area contributed by atoms with Gasteiger partial charge in [0.15, 0.2) is 0 Å². The number of aromatic nitrogens is 3. The summed E-state index contributed by atoms with van der Waals surface area (Å²) in [6.07, 6.45) is 5.71. The van der Waals surface area contributed by atoms with Crippen LogP contribution in [0, 0.1) is 5.92 Å². The van der Waals surface area contributed by atoms with Gasteiger partial charge in [-0.15, -0.1) is 0 Å². The number of nitrogens with zero attached hydrogens (tertiary/aromatic N) is 5. The average Bonchev–Trinajstić information content (AvgIpc) is 3.08. The maximum atomic E-state index is 13.4. The third-order valence-corrected chi connectivity index (χ3v) is 5.24. The summed E-state index contributed by atoms with van der Waals surface area (Å²) in [6.45, 7) is 11.7. The molecule has 1 aromatic rings. The summed E-state index contributed by atoms with van der Waals surface area (Å²) >= 11 is 0. The lowest BCUT2D eigenvalue weighted by atomic mass is 9.97. The number of carbonyl (C=O) groups is 1. The quantitative estimate of drug-likeness (QED) is 0.826. The first-order valence-corrected chi connectivity index (χ1v) is 9.48. The van der Waals surface area contributed by atoms with Crippen molar-refractivity contribution in [3.8, 4) is 0 Å². The van der Waals surface area contributed by atoms with Crippen molar-refractivity contribution in [1.29, 1.82) is 0 Å². The highest BCUT2D eigenvalue weighted by Gasteiger charge is 2.37. The number of morpholine rings is 1. The first-order chi connectivity index (χ1) is 12.0. The van der Waals surface area contributed by atoms with E-state index in [2.05, 4.69) is 42.7 Å². The van der Waals surface area contributed by atoms with Crippen LogP contribution in [-0.2, 0) is 9.53 Å². The molecule has 25 heavy (non-hydrogen) atoms. The molecule has 4 unspecified atom stereocenters.